The van der Waals surface area contributed by atoms with Crippen molar-refractivity contribution in [3.05, 3.63) is 30.0 Å². The third-order valence-corrected chi connectivity index (χ3v) is 6.66. The Balaban J connectivity index is 1.46. The van der Waals surface area contributed by atoms with Crippen LogP contribution in [0.1, 0.15) is 49.0 Å². The van der Waals surface area contributed by atoms with Gasteiger partial charge in [0.2, 0.25) is 11.8 Å². The van der Waals surface area contributed by atoms with E-state index in [4.69, 9.17) is 4.74 Å². The number of H-pyrrole nitrogens is 1. The maximum atomic E-state index is 13.1. The second kappa shape index (κ2) is 9.94. The van der Waals surface area contributed by atoms with Crippen molar-refractivity contribution in [1.82, 2.24) is 20.9 Å². The standard InChI is InChI=1S/C24H29N5O4/c1-33-21-7-3-6-18-17(21)12-20(28-18)24(32)29-19(10-14-4-2-5-14)23(31)27-16(13-25)11-15-8-9-26-22(15)30/h3,6-7,12,14-16,19,28H,2,4-5,8-11H2,1H3,(H,26,30)(H,27,31)(H,29,32)/t15-,16-,19-/m0/s1. The number of nitrogens with one attached hydrogen (secondary N) is 4. The molecule has 0 bridgehead atoms. The Kier molecular flexibility index (Phi) is 6.82. The summed E-state index contributed by atoms with van der Waals surface area (Å²) < 4.78 is 5.36. The van der Waals surface area contributed by atoms with Gasteiger partial charge in [-0.15, -0.1) is 0 Å². The highest BCUT2D eigenvalue weighted by molar-refractivity contribution is 6.01. The van der Waals surface area contributed by atoms with Crippen molar-refractivity contribution < 1.29 is 19.1 Å². The fraction of sp³-hybridized carbons (Fsp3) is 0.500. The van der Waals surface area contributed by atoms with E-state index in [-0.39, 0.29) is 18.2 Å². The Hall–Kier alpha value is -3.54. The second-order valence-corrected chi connectivity index (χ2v) is 8.87. The molecule has 9 nitrogen and oxygen atoms in total. The predicted molar refractivity (Wildman–Crippen MR) is 121 cm³/mol. The maximum absolute atomic E-state index is 13.1. The molecule has 2 aliphatic rings. The highest BCUT2D eigenvalue weighted by atomic mass is 16.5. The molecule has 3 atom stereocenters. The van der Waals surface area contributed by atoms with Crippen molar-refractivity contribution in [3.63, 3.8) is 0 Å². The average Bonchev–Trinajstić information content (AvgIpc) is 3.40. The highest BCUT2D eigenvalue weighted by Gasteiger charge is 2.32. The number of nitrogens with zero attached hydrogens (tertiary/aromatic N) is 1. The molecule has 0 radical (unpaired) electrons. The summed E-state index contributed by atoms with van der Waals surface area (Å²) in [5.74, 6) is -0.135. The summed E-state index contributed by atoms with van der Waals surface area (Å²) in [6.07, 6.45) is 4.59. The zero-order chi connectivity index (χ0) is 23.4. The van der Waals surface area contributed by atoms with Crippen molar-refractivity contribution in [2.24, 2.45) is 11.8 Å². The minimum atomic E-state index is -0.788. The molecule has 1 aromatic carbocycles. The number of hydrogen-bond donors (Lipinski definition) is 4. The van der Waals surface area contributed by atoms with Gasteiger partial charge in [-0.1, -0.05) is 25.3 Å². The summed E-state index contributed by atoms with van der Waals surface area (Å²) in [4.78, 5) is 41.0. The topological polar surface area (TPSA) is 136 Å². The van der Waals surface area contributed by atoms with Gasteiger partial charge in [-0.25, -0.2) is 0 Å². The van der Waals surface area contributed by atoms with E-state index >= 15 is 0 Å². The lowest BCUT2D eigenvalue weighted by Crippen LogP contribution is -2.51. The molecule has 1 aliphatic carbocycles. The van der Waals surface area contributed by atoms with E-state index in [1.165, 1.54) is 0 Å². The van der Waals surface area contributed by atoms with Crippen LogP contribution in [0.15, 0.2) is 24.3 Å². The molecule has 174 valence electrons. The summed E-state index contributed by atoms with van der Waals surface area (Å²) in [5.41, 5.74) is 1.10. The first-order valence-electron chi connectivity index (χ1n) is 11.4. The molecule has 9 heteroatoms. The van der Waals surface area contributed by atoms with Crippen LogP contribution < -0.4 is 20.7 Å². The molecular weight excluding hydrogens is 422 g/mol. The molecule has 1 aliphatic heterocycles. The maximum Gasteiger partial charge on any atom is 0.268 e. The lowest BCUT2D eigenvalue weighted by molar-refractivity contribution is -0.125. The van der Waals surface area contributed by atoms with Crippen LogP contribution in [0.25, 0.3) is 10.9 Å². The number of amides is 3. The molecule has 4 N–H and O–H groups in total. The summed E-state index contributed by atoms with van der Waals surface area (Å²) >= 11 is 0. The highest BCUT2D eigenvalue weighted by Crippen LogP contribution is 2.31. The molecule has 1 saturated carbocycles. The molecular formula is C24H29N5O4. The average molecular weight is 452 g/mol. The summed E-state index contributed by atoms with van der Waals surface area (Å²) in [6.45, 7) is 0.589. The number of aromatic nitrogens is 1. The van der Waals surface area contributed by atoms with Gasteiger partial charge in [0, 0.05) is 23.4 Å². The van der Waals surface area contributed by atoms with Crippen molar-refractivity contribution >= 4 is 28.6 Å². The van der Waals surface area contributed by atoms with Gasteiger partial charge < -0.3 is 25.7 Å². The number of methoxy groups -OCH3 is 1. The van der Waals surface area contributed by atoms with E-state index in [0.29, 0.717) is 36.7 Å². The van der Waals surface area contributed by atoms with E-state index in [9.17, 15) is 19.6 Å². The van der Waals surface area contributed by atoms with Gasteiger partial charge in [0.25, 0.3) is 5.91 Å². The largest absolute Gasteiger partial charge is 0.496 e. The quantitative estimate of drug-likeness (QED) is 0.462. The van der Waals surface area contributed by atoms with Crippen LogP contribution in [0.2, 0.25) is 0 Å². The minimum Gasteiger partial charge on any atom is -0.496 e. The van der Waals surface area contributed by atoms with Crippen LogP contribution in [0.4, 0.5) is 0 Å². The van der Waals surface area contributed by atoms with E-state index in [1.807, 2.05) is 18.2 Å². The van der Waals surface area contributed by atoms with E-state index in [0.717, 1.165) is 30.2 Å². The first kappa shape index (κ1) is 22.6. The predicted octanol–water partition coefficient (Wildman–Crippen LogP) is 2.00. The van der Waals surface area contributed by atoms with Crippen molar-refractivity contribution in [2.75, 3.05) is 13.7 Å². The van der Waals surface area contributed by atoms with Crippen LogP contribution >= 0.6 is 0 Å². The number of benzene rings is 1. The number of carbonyl (C=O) groups is 3. The lowest BCUT2D eigenvalue weighted by atomic mass is 9.80. The number of hydrogen-bond acceptors (Lipinski definition) is 5. The van der Waals surface area contributed by atoms with Crippen LogP contribution in [-0.4, -0.2) is 48.4 Å². The van der Waals surface area contributed by atoms with Gasteiger partial charge in [-0.3, -0.25) is 14.4 Å². The Morgan fingerprint density at radius 2 is 2.06 bits per heavy atom. The normalized spacial score (nSPS) is 19.8. The monoisotopic (exact) mass is 451 g/mol. The second-order valence-electron chi connectivity index (χ2n) is 8.87. The van der Waals surface area contributed by atoms with E-state index < -0.39 is 23.9 Å². The first-order valence-corrected chi connectivity index (χ1v) is 11.4. The third-order valence-electron chi connectivity index (χ3n) is 6.66. The fourth-order valence-corrected chi connectivity index (χ4v) is 4.53. The number of ether oxygens (including phenoxy) is 1. The Morgan fingerprint density at radius 1 is 1.24 bits per heavy atom. The molecule has 1 saturated heterocycles. The Bertz CT molecular complexity index is 1080. The van der Waals surface area contributed by atoms with Crippen LogP contribution in [-0.2, 0) is 9.59 Å². The van der Waals surface area contributed by atoms with E-state index in [1.54, 1.807) is 13.2 Å². The zero-order valence-corrected chi connectivity index (χ0v) is 18.6. The Morgan fingerprint density at radius 3 is 2.70 bits per heavy atom. The molecule has 2 heterocycles. The first-order chi connectivity index (χ1) is 16.0. The molecule has 0 unspecified atom stereocenters. The summed E-state index contributed by atoms with van der Waals surface area (Å²) in [6, 6.07) is 7.75. The van der Waals surface area contributed by atoms with Gasteiger partial charge in [0.05, 0.1) is 13.2 Å². The number of fused-ring (bicyclic) bond motifs is 1. The number of carbonyl (C=O) groups excluding carboxylic acids is 3. The molecule has 33 heavy (non-hydrogen) atoms. The van der Waals surface area contributed by atoms with Crippen LogP contribution in [0.5, 0.6) is 5.75 Å². The van der Waals surface area contributed by atoms with Gasteiger partial charge >= 0.3 is 0 Å². The summed E-state index contributed by atoms with van der Waals surface area (Å²) in [7, 11) is 1.57. The number of aromatic amines is 1. The van der Waals surface area contributed by atoms with Crippen molar-refractivity contribution in [3.8, 4) is 11.8 Å². The molecule has 2 fully saturated rings. The van der Waals surface area contributed by atoms with Gasteiger partial charge in [0.1, 0.15) is 23.5 Å². The molecule has 4 rings (SSSR count). The molecule has 1 aromatic heterocycles. The minimum absolute atomic E-state index is 0.0851. The fourth-order valence-electron chi connectivity index (χ4n) is 4.53. The van der Waals surface area contributed by atoms with Crippen LogP contribution in [0.3, 0.4) is 0 Å². The smallest absolute Gasteiger partial charge is 0.268 e. The lowest BCUT2D eigenvalue weighted by Gasteiger charge is -2.30. The SMILES string of the molecule is COc1cccc2[nH]c(C(=O)N[C@@H](CC3CCC3)C(=O)N[C@H](C#N)C[C@@H]3CCNC3=O)cc12. The Labute approximate surface area is 192 Å². The van der Waals surface area contributed by atoms with Crippen LogP contribution in [0, 0.1) is 23.2 Å². The van der Waals surface area contributed by atoms with Gasteiger partial charge in [-0.2, -0.15) is 5.26 Å². The van der Waals surface area contributed by atoms with Gasteiger partial charge in [0.15, 0.2) is 0 Å². The van der Waals surface area contributed by atoms with Crippen molar-refractivity contribution in [1.29, 1.82) is 5.26 Å². The number of nitriles is 1. The molecule has 2 aromatic rings. The molecule has 3 amide bonds. The zero-order valence-electron chi connectivity index (χ0n) is 18.6. The third kappa shape index (κ3) is 5.11. The van der Waals surface area contributed by atoms with E-state index in [2.05, 4.69) is 27.0 Å². The van der Waals surface area contributed by atoms with Crippen molar-refractivity contribution in [2.45, 2.75) is 50.6 Å². The van der Waals surface area contributed by atoms with Gasteiger partial charge in [-0.05, 0) is 43.4 Å². The summed E-state index contributed by atoms with van der Waals surface area (Å²) in [5, 5.41) is 18.7. The molecule has 0 spiro atoms. The number of rotatable bonds is 9.